The molecule has 0 radical (unpaired) electrons. The Morgan fingerprint density at radius 2 is 2.07 bits per heavy atom. The maximum Gasteiger partial charge on any atom is 0.306 e. The normalized spacial score (nSPS) is 18.2. The van der Waals surface area contributed by atoms with Crippen molar-refractivity contribution in [3.8, 4) is 11.5 Å². The molecule has 0 aliphatic carbocycles. The van der Waals surface area contributed by atoms with E-state index in [1.807, 2.05) is 30.0 Å². The minimum absolute atomic E-state index is 0.265. The number of carboxylic acids is 1. The van der Waals surface area contributed by atoms with E-state index in [2.05, 4.69) is 10.2 Å². The monoisotopic (exact) mass is 428 g/mol. The number of aromatic nitrogens is 2. The molecule has 0 amide bonds. The number of carboxylic acid groups (broad SMARTS) is 1. The molecule has 3 aliphatic heterocycles. The zero-order valence-corrected chi connectivity index (χ0v) is 17.4. The lowest BCUT2D eigenvalue weighted by Gasteiger charge is -2.31. The van der Waals surface area contributed by atoms with Gasteiger partial charge in [-0.25, -0.2) is 4.98 Å². The number of rotatable bonds is 5. The van der Waals surface area contributed by atoms with E-state index >= 15 is 0 Å². The van der Waals surface area contributed by atoms with Gasteiger partial charge in [-0.1, -0.05) is 6.07 Å². The summed E-state index contributed by atoms with van der Waals surface area (Å²) in [5.74, 6) is 4.13. The molecule has 5 rings (SSSR count). The molecule has 2 aromatic rings. The Hall–Kier alpha value is -2.68. The zero-order valence-electron chi connectivity index (χ0n) is 16.6. The van der Waals surface area contributed by atoms with Crippen LogP contribution in [0.15, 0.2) is 18.2 Å². The van der Waals surface area contributed by atoms with Crippen LogP contribution in [0.25, 0.3) is 0 Å². The summed E-state index contributed by atoms with van der Waals surface area (Å²) in [5, 5.41) is 12.8. The molecular formula is C21H24N4O4S. The van der Waals surface area contributed by atoms with Crippen molar-refractivity contribution in [2.75, 3.05) is 35.9 Å². The van der Waals surface area contributed by atoms with E-state index in [1.165, 1.54) is 5.56 Å². The zero-order chi connectivity index (χ0) is 20.5. The Labute approximate surface area is 179 Å². The minimum Gasteiger partial charge on any atom is -0.481 e. The number of benzene rings is 1. The van der Waals surface area contributed by atoms with E-state index in [-0.39, 0.29) is 12.7 Å². The van der Waals surface area contributed by atoms with Crippen molar-refractivity contribution in [1.29, 1.82) is 0 Å². The summed E-state index contributed by atoms with van der Waals surface area (Å²) in [6, 6.07) is 5.96. The van der Waals surface area contributed by atoms with Crippen LogP contribution in [0, 0.1) is 5.92 Å². The van der Waals surface area contributed by atoms with Crippen molar-refractivity contribution in [1.82, 2.24) is 9.97 Å². The molecule has 1 aromatic heterocycles. The molecule has 1 fully saturated rings. The van der Waals surface area contributed by atoms with E-state index in [0.717, 1.165) is 46.5 Å². The molecule has 1 aromatic carbocycles. The molecule has 0 unspecified atom stereocenters. The molecule has 30 heavy (non-hydrogen) atoms. The van der Waals surface area contributed by atoms with E-state index in [1.54, 1.807) is 0 Å². The predicted molar refractivity (Wildman–Crippen MR) is 114 cm³/mol. The molecule has 0 spiro atoms. The van der Waals surface area contributed by atoms with Gasteiger partial charge in [0.15, 0.2) is 11.5 Å². The third kappa shape index (κ3) is 3.86. The van der Waals surface area contributed by atoms with Gasteiger partial charge >= 0.3 is 5.97 Å². The number of hydrogen-bond acceptors (Lipinski definition) is 8. The van der Waals surface area contributed by atoms with Crippen LogP contribution in [0.3, 0.4) is 0 Å². The molecule has 8 nitrogen and oxygen atoms in total. The predicted octanol–water partition coefficient (Wildman–Crippen LogP) is 2.91. The maximum atomic E-state index is 11.3. The highest BCUT2D eigenvalue weighted by molar-refractivity contribution is 7.98. The second kappa shape index (κ2) is 8.22. The summed E-state index contributed by atoms with van der Waals surface area (Å²) in [5.41, 5.74) is 3.38. The number of nitrogens with zero attached hydrogens (tertiary/aromatic N) is 3. The fourth-order valence-electron chi connectivity index (χ4n) is 4.07. The largest absolute Gasteiger partial charge is 0.481 e. The molecule has 158 valence electrons. The number of aryl methyl sites for hydroxylation is 1. The van der Waals surface area contributed by atoms with Crippen LogP contribution in [-0.4, -0.2) is 46.7 Å². The van der Waals surface area contributed by atoms with Gasteiger partial charge in [0.25, 0.3) is 0 Å². The van der Waals surface area contributed by atoms with Crippen LogP contribution >= 0.6 is 11.8 Å². The first kappa shape index (κ1) is 19.3. The quantitative estimate of drug-likeness (QED) is 0.745. The first-order chi connectivity index (χ1) is 14.7. The van der Waals surface area contributed by atoms with E-state index < -0.39 is 5.97 Å². The van der Waals surface area contributed by atoms with Gasteiger partial charge in [-0.3, -0.25) is 4.79 Å². The van der Waals surface area contributed by atoms with Gasteiger partial charge < -0.3 is 24.8 Å². The summed E-state index contributed by atoms with van der Waals surface area (Å²) in [4.78, 5) is 23.1. The molecule has 1 saturated heterocycles. The molecular weight excluding hydrogens is 404 g/mol. The highest BCUT2D eigenvalue weighted by Crippen LogP contribution is 2.34. The fraction of sp³-hybridized carbons (Fsp3) is 0.476. The summed E-state index contributed by atoms with van der Waals surface area (Å²) < 4.78 is 10.9. The van der Waals surface area contributed by atoms with Gasteiger partial charge in [0.2, 0.25) is 12.7 Å². The van der Waals surface area contributed by atoms with Crippen molar-refractivity contribution >= 4 is 29.5 Å². The molecule has 4 heterocycles. The Balaban J connectivity index is 1.36. The van der Waals surface area contributed by atoms with Gasteiger partial charge in [0, 0.05) is 31.0 Å². The van der Waals surface area contributed by atoms with Crippen LogP contribution in [-0.2, 0) is 23.5 Å². The van der Waals surface area contributed by atoms with Crippen LogP contribution in [0.5, 0.6) is 11.5 Å². The number of hydrogen-bond donors (Lipinski definition) is 2. The SMILES string of the molecule is O=C(O)C1CCN(c2nc3c(c(NCc4ccc5c(c4)OCO5)n2)CSCC3)CC1. The second-order valence-corrected chi connectivity index (χ2v) is 8.85. The van der Waals surface area contributed by atoms with Crippen LogP contribution in [0.2, 0.25) is 0 Å². The lowest BCUT2D eigenvalue weighted by Crippen LogP contribution is -2.37. The number of aliphatic carboxylic acids is 1. The van der Waals surface area contributed by atoms with Crippen LogP contribution in [0.4, 0.5) is 11.8 Å². The fourth-order valence-corrected chi connectivity index (χ4v) is 5.06. The smallest absolute Gasteiger partial charge is 0.306 e. The van der Waals surface area contributed by atoms with Crippen molar-refractivity contribution in [3.05, 3.63) is 35.0 Å². The van der Waals surface area contributed by atoms with Gasteiger partial charge in [-0.05, 0) is 42.7 Å². The molecule has 2 N–H and O–H groups in total. The average molecular weight is 429 g/mol. The summed E-state index contributed by atoms with van der Waals surface area (Å²) in [6.45, 7) is 2.24. The molecule has 9 heteroatoms. The van der Waals surface area contributed by atoms with E-state index in [9.17, 15) is 9.90 Å². The topological polar surface area (TPSA) is 96.8 Å². The van der Waals surface area contributed by atoms with Crippen molar-refractivity contribution in [3.63, 3.8) is 0 Å². The van der Waals surface area contributed by atoms with Crippen molar-refractivity contribution in [2.45, 2.75) is 31.6 Å². The number of fused-ring (bicyclic) bond motifs is 2. The number of nitrogens with one attached hydrogen (secondary N) is 1. The molecule has 0 saturated carbocycles. The Morgan fingerprint density at radius 1 is 1.23 bits per heavy atom. The summed E-state index contributed by atoms with van der Waals surface area (Å²) in [6.07, 6.45) is 2.19. The van der Waals surface area contributed by atoms with Gasteiger partial charge in [0.1, 0.15) is 5.82 Å². The van der Waals surface area contributed by atoms with Gasteiger partial charge in [-0.2, -0.15) is 16.7 Å². The number of carbonyl (C=O) groups is 1. The summed E-state index contributed by atoms with van der Waals surface area (Å²) >= 11 is 1.90. The minimum atomic E-state index is -0.705. The molecule has 0 bridgehead atoms. The van der Waals surface area contributed by atoms with Crippen LogP contribution in [0.1, 0.15) is 29.7 Å². The van der Waals surface area contributed by atoms with Crippen molar-refractivity contribution in [2.24, 2.45) is 5.92 Å². The molecule has 3 aliphatic rings. The third-order valence-electron chi connectivity index (χ3n) is 5.83. The Kier molecular flexibility index (Phi) is 5.28. The van der Waals surface area contributed by atoms with E-state index in [4.69, 9.17) is 19.4 Å². The lowest BCUT2D eigenvalue weighted by molar-refractivity contribution is -0.142. The standard InChI is InChI=1S/C21H24N4O4S/c26-20(27)14-3-6-25(7-4-14)21-23-16-5-8-30-11-15(16)19(24-21)22-10-13-1-2-17-18(9-13)29-12-28-17/h1-2,9,14H,3-8,10-12H2,(H,26,27)(H,22,23,24). The maximum absolute atomic E-state index is 11.3. The lowest BCUT2D eigenvalue weighted by atomic mass is 9.97. The number of thioether (sulfide) groups is 1. The highest BCUT2D eigenvalue weighted by atomic mass is 32.2. The molecule has 0 atom stereocenters. The Morgan fingerprint density at radius 3 is 2.90 bits per heavy atom. The van der Waals surface area contributed by atoms with Gasteiger partial charge in [-0.15, -0.1) is 0 Å². The number of anilines is 2. The first-order valence-corrected chi connectivity index (χ1v) is 11.4. The van der Waals surface area contributed by atoms with Crippen molar-refractivity contribution < 1.29 is 19.4 Å². The second-order valence-electron chi connectivity index (χ2n) is 7.74. The number of ether oxygens (including phenoxy) is 2. The van der Waals surface area contributed by atoms with Crippen LogP contribution < -0.4 is 19.7 Å². The van der Waals surface area contributed by atoms with E-state index in [0.29, 0.717) is 38.4 Å². The Bertz CT molecular complexity index is 962. The van der Waals surface area contributed by atoms with Gasteiger partial charge in [0.05, 0.1) is 11.6 Å². The summed E-state index contributed by atoms with van der Waals surface area (Å²) in [7, 11) is 0. The number of piperidine rings is 1. The highest BCUT2D eigenvalue weighted by Gasteiger charge is 2.27. The third-order valence-corrected chi connectivity index (χ3v) is 6.82. The average Bonchev–Trinajstić information content (AvgIpc) is 3.25. The first-order valence-electron chi connectivity index (χ1n) is 10.2.